The number of carbonyl (C=O) groups excluding carboxylic acids is 1. The molecule has 2 aromatic rings. The number of halogens is 1. The minimum absolute atomic E-state index is 0.0399. The van der Waals surface area contributed by atoms with Crippen LogP contribution in [0.5, 0.6) is 11.5 Å². The van der Waals surface area contributed by atoms with E-state index >= 15 is 0 Å². The molecule has 2 aliphatic rings. The van der Waals surface area contributed by atoms with Crippen molar-refractivity contribution < 1.29 is 14.3 Å². The third-order valence-electron chi connectivity index (χ3n) is 5.45. The van der Waals surface area contributed by atoms with E-state index in [1.165, 1.54) is 19.3 Å². The Morgan fingerprint density at radius 3 is 2.64 bits per heavy atom. The molecule has 6 heteroatoms. The van der Waals surface area contributed by atoms with Crippen molar-refractivity contribution in [1.29, 1.82) is 0 Å². The van der Waals surface area contributed by atoms with Crippen LogP contribution in [0.15, 0.2) is 36.4 Å². The molecule has 148 valence electrons. The summed E-state index contributed by atoms with van der Waals surface area (Å²) in [6, 6.07) is 11.1. The summed E-state index contributed by atoms with van der Waals surface area (Å²) < 4.78 is 11.5. The maximum absolute atomic E-state index is 12.8. The number of ether oxygens (including phenoxy) is 2. The lowest BCUT2D eigenvalue weighted by molar-refractivity contribution is 0.0996. The summed E-state index contributed by atoms with van der Waals surface area (Å²) in [5.74, 6) is 1.30. The van der Waals surface area contributed by atoms with Crippen LogP contribution in [-0.4, -0.2) is 44.2 Å². The van der Waals surface area contributed by atoms with E-state index in [1.54, 1.807) is 18.1 Å². The zero-order valence-electron chi connectivity index (χ0n) is 16.1. The molecule has 0 aliphatic carbocycles. The Kier molecular flexibility index (Phi) is 5.74. The van der Waals surface area contributed by atoms with Gasteiger partial charge in [-0.3, -0.25) is 9.69 Å². The first-order chi connectivity index (χ1) is 13.7. The van der Waals surface area contributed by atoms with Crippen molar-refractivity contribution in [2.45, 2.75) is 25.8 Å². The number of hydrogen-bond donors (Lipinski definition) is 0. The molecule has 2 aromatic carbocycles. The lowest BCUT2D eigenvalue weighted by Crippen LogP contribution is -2.33. The number of methoxy groups -OCH3 is 1. The fraction of sp³-hybridized carbons (Fsp3) is 0.409. The van der Waals surface area contributed by atoms with Crippen LogP contribution in [0.25, 0.3) is 0 Å². The molecule has 2 heterocycles. The molecule has 1 amide bonds. The van der Waals surface area contributed by atoms with Gasteiger partial charge in [-0.05, 0) is 55.8 Å². The van der Waals surface area contributed by atoms with Gasteiger partial charge < -0.3 is 14.4 Å². The van der Waals surface area contributed by atoms with E-state index in [2.05, 4.69) is 4.90 Å². The standard InChI is InChI=1S/C22H25ClN2O3/c1-27-20-8-7-18(14-21(20)28-12-11-24-9-3-2-4-10-24)25-15-16-5-6-17(23)13-19(16)22(25)26/h5-8,13-14H,2-4,9-12,15H2,1H3. The van der Waals surface area contributed by atoms with Crippen molar-refractivity contribution in [3.63, 3.8) is 0 Å². The second-order valence-corrected chi connectivity index (χ2v) is 7.72. The van der Waals surface area contributed by atoms with Gasteiger partial charge in [0, 0.05) is 28.9 Å². The number of amides is 1. The molecule has 0 spiro atoms. The average Bonchev–Trinajstić information content (AvgIpc) is 3.05. The molecule has 2 aliphatic heterocycles. The Labute approximate surface area is 170 Å². The van der Waals surface area contributed by atoms with Gasteiger partial charge in [-0.1, -0.05) is 24.1 Å². The first-order valence-electron chi connectivity index (χ1n) is 9.79. The highest BCUT2D eigenvalue weighted by molar-refractivity contribution is 6.31. The first-order valence-corrected chi connectivity index (χ1v) is 10.2. The van der Waals surface area contributed by atoms with Crippen LogP contribution in [0, 0.1) is 0 Å². The normalized spacial score (nSPS) is 16.9. The van der Waals surface area contributed by atoms with Gasteiger partial charge >= 0.3 is 0 Å². The third kappa shape index (κ3) is 3.96. The largest absolute Gasteiger partial charge is 0.493 e. The van der Waals surface area contributed by atoms with Crippen LogP contribution in [-0.2, 0) is 6.54 Å². The molecule has 28 heavy (non-hydrogen) atoms. The van der Waals surface area contributed by atoms with E-state index in [-0.39, 0.29) is 5.91 Å². The number of hydrogen-bond acceptors (Lipinski definition) is 4. The van der Waals surface area contributed by atoms with E-state index in [0.717, 1.165) is 30.9 Å². The van der Waals surface area contributed by atoms with Crippen molar-refractivity contribution in [1.82, 2.24) is 4.90 Å². The molecule has 0 saturated carbocycles. The van der Waals surface area contributed by atoms with E-state index in [9.17, 15) is 4.79 Å². The summed E-state index contributed by atoms with van der Waals surface area (Å²) in [6.45, 7) is 4.32. The van der Waals surface area contributed by atoms with Gasteiger partial charge in [0.2, 0.25) is 0 Å². The predicted octanol–water partition coefficient (Wildman–Crippen LogP) is 4.37. The maximum Gasteiger partial charge on any atom is 0.258 e. The second-order valence-electron chi connectivity index (χ2n) is 7.28. The molecule has 1 fully saturated rings. The number of fused-ring (bicyclic) bond motifs is 1. The Morgan fingerprint density at radius 1 is 1.04 bits per heavy atom. The summed E-state index contributed by atoms with van der Waals surface area (Å²) in [6.07, 6.45) is 3.85. The van der Waals surface area contributed by atoms with E-state index in [1.807, 2.05) is 30.3 Å². The number of rotatable bonds is 6. The van der Waals surface area contributed by atoms with Crippen LogP contribution >= 0.6 is 11.6 Å². The summed E-state index contributed by atoms with van der Waals surface area (Å²) in [4.78, 5) is 17.0. The van der Waals surface area contributed by atoms with Crippen LogP contribution in [0.4, 0.5) is 5.69 Å². The monoisotopic (exact) mass is 400 g/mol. The first kappa shape index (κ1) is 19.1. The highest BCUT2D eigenvalue weighted by atomic mass is 35.5. The molecule has 0 bridgehead atoms. The van der Waals surface area contributed by atoms with Crippen LogP contribution < -0.4 is 14.4 Å². The summed E-state index contributed by atoms with van der Waals surface area (Å²) in [5, 5.41) is 0.574. The Hall–Kier alpha value is -2.24. The number of benzene rings is 2. The number of carbonyl (C=O) groups is 1. The van der Waals surface area contributed by atoms with Crippen molar-refractivity contribution in [3.8, 4) is 11.5 Å². The molecule has 0 radical (unpaired) electrons. The third-order valence-corrected chi connectivity index (χ3v) is 5.68. The number of likely N-dealkylation sites (tertiary alicyclic amines) is 1. The van der Waals surface area contributed by atoms with Crippen molar-refractivity contribution in [2.75, 3.05) is 38.3 Å². The number of anilines is 1. The van der Waals surface area contributed by atoms with Crippen molar-refractivity contribution in [2.24, 2.45) is 0 Å². The second kappa shape index (κ2) is 8.41. The molecule has 5 nitrogen and oxygen atoms in total. The van der Waals surface area contributed by atoms with Crippen molar-refractivity contribution >= 4 is 23.2 Å². The molecule has 0 atom stereocenters. The Balaban J connectivity index is 1.48. The summed E-state index contributed by atoms with van der Waals surface area (Å²) in [5.41, 5.74) is 2.44. The Morgan fingerprint density at radius 2 is 1.86 bits per heavy atom. The highest BCUT2D eigenvalue weighted by Gasteiger charge is 2.29. The molecule has 0 unspecified atom stereocenters. The fourth-order valence-corrected chi connectivity index (χ4v) is 4.07. The number of nitrogens with zero attached hydrogens (tertiary/aromatic N) is 2. The zero-order valence-corrected chi connectivity index (χ0v) is 16.9. The van der Waals surface area contributed by atoms with Gasteiger partial charge in [0.15, 0.2) is 11.5 Å². The predicted molar refractivity (Wildman–Crippen MR) is 111 cm³/mol. The summed E-state index contributed by atoms with van der Waals surface area (Å²) in [7, 11) is 1.63. The zero-order chi connectivity index (χ0) is 19.5. The average molecular weight is 401 g/mol. The molecule has 0 N–H and O–H groups in total. The van der Waals surface area contributed by atoms with Gasteiger partial charge in [0.1, 0.15) is 6.61 Å². The number of piperidine rings is 1. The lowest BCUT2D eigenvalue weighted by Gasteiger charge is -2.26. The lowest BCUT2D eigenvalue weighted by atomic mass is 10.1. The topological polar surface area (TPSA) is 42.0 Å². The van der Waals surface area contributed by atoms with Crippen molar-refractivity contribution in [3.05, 3.63) is 52.5 Å². The summed E-state index contributed by atoms with van der Waals surface area (Å²) >= 11 is 6.06. The minimum Gasteiger partial charge on any atom is -0.493 e. The van der Waals surface area contributed by atoms with E-state index < -0.39 is 0 Å². The fourth-order valence-electron chi connectivity index (χ4n) is 3.90. The van der Waals surface area contributed by atoms with E-state index in [0.29, 0.717) is 35.2 Å². The smallest absolute Gasteiger partial charge is 0.258 e. The molecule has 1 saturated heterocycles. The molecule has 4 rings (SSSR count). The van der Waals surface area contributed by atoms with Crippen LogP contribution in [0.1, 0.15) is 35.2 Å². The van der Waals surface area contributed by atoms with Crippen LogP contribution in [0.3, 0.4) is 0 Å². The quantitative estimate of drug-likeness (QED) is 0.721. The van der Waals surface area contributed by atoms with Gasteiger partial charge in [0.25, 0.3) is 5.91 Å². The van der Waals surface area contributed by atoms with Gasteiger partial charge in [-0.2, -0.15) is 0 Å². The van der Waals surface area contributed by atoms with Crippen LogP contribution in [0.2, 0.25) is 5.02 Å². The van der Waals surface area contributed by atoms with Gasteiger partial charge in [-0.25, -0.2) is 0 Å². The maximum atomic E-state index is 12.8. The highest BCUT2D eigenvalue weighted by Crippen LogP contribution is 2.36. The minimum atomic E-state index is -0.0399. The molecule has 0 aromatic heterocycles. The van der Waals surface area contributed by atoms with Gasteiger partial charge in [0.05, 0.1) is 13.7 Å². The molecular weight excluding hydrogens is 376 g/mol. The SMILES string of the molecule is COc1ccc(N2Cc3ccc(Cl)cc3C2=O)cc1OCCN1CCCCC1. The molecular formula is C22H25ClN2O3. The van der Waals surface area contributed by atoms with Gasteiger partial charge in [-0.15, -0.1) is 0 Å². The Bertz CT molecular complexity index is 865. The van der Waals surface area contributed by atoms with E-state index in [4.69, 9.17) is 21.1 Å².